The number of amides is 1. The Balaban J connectivity index is 1.36. The summed E-state index contributed by atoms with van der Waals surface area (Å²) in [7, 11) is 0. The van der Waals surface area contributed by atoms with Crippen molar-refractivity contribution in [2.24, 2.45) is 17.8 Å². The highest BCUT2D eigenvalue weighted by molar-refractivity contribution is 5.78. The van der Waals surface area contributed by atoms with E-state index >= 15 is 0 Å². The van der Waals surface area contributed by atoms with Crippen LogP contribution in [0.4, 0.5) is 0 Å². The van der Waals surface area contributed by atoms with Crippen LogP contribution in [-0.2, 0) is 11.3 Å². The zero-order chi connectivity index (χ0) is 18.9. The number of rotatable bonds is 4. The first-order valence-electron chi connectivity index (χ1n) is 11.7. The molecule has 0 unspecified atom stereocenters. The van der Waals surface area contributed by atoms with Gasteiger partial charge in [0.2, 0.25) is 5.91 Å². The van der Waals surface area contributed by atoms with Gasteiger partial charge in [0.25, 0.3) is 0 Å². The lowest BCUT2D eigenvalue weighted by Gasteiger charge is -2.57. The Morgan fingerprint density at radius 3 is 2.71 bits per heavy atom. The third-order valence-electron chi connectivity index (χ3n) is 8.00. The Morgan fingerprint density at radius 2 is 1.89 bits per heavy atom. The largest absolute Gasteiger partial charge is 0.336 e. The molecule has 4 nitrogen and oxygen atoms in total. The Labute approximate surface area is 169 Å². The zero-order valence-corrected chi connectivity index (χ0v) is 17.1. The quantitative estimate of drug-likeness (QED) is 0.782. The molecule has 1 aliphatic carbocycles. The van der Waals surface area contributed by atoms with Crippen molar-refractivity contribution in [2.75, 3.05) is 13.1 Å². The fourth-order valence-corrected chi connectivity index (χ4v) is 6.82. The lowest BCUT2D eigenvalue weighted by atomic mass is 9.69. The molecular formula is C24H35N3O. The van der Waals surface area contributed by atoms with Gasteiger partial charge in [0.15, 0.2) is 0 Å². The van der Waals surface area contributed by atoms with Crippen LogP contribution in [0.5, 0.6) is 0 Å². The molecule has 4 fully saturated rings. The summed E-state index contributed by atoms with van der Waals surface area (Å²) in [4.78, 5) is 22.4. The number of likely N-dealkylation sites (tertiary alicyclic amines) is 1. The van der Waals surface area contributed by atoms with E-state index < -0.39 is 0 Å². The Morgan fingerprint density at radius 1 is 1.04 bits per heavy atom. The molecule has 1 aromatic rings. The Kier molecular flexibility index (Phi) is 5.41. The van der Waals surface area contributed by atoms with Crippen LogP contribution in [0.25, 0.3) is 0 Å². The van der Waals surface area contributed by atoms with Gasteiger partial charge in [-0.1, -0.05) is 38.2 Å². The standard InChI is InChI=1S/C24H35N3O/c28-24-10-4-9-22-20-13-21(17-26(16-20)15-19-8-5-11-25-14-19)23(27(22)24)12-18-6-2-1-3-7-18/h5,8,11,14,18,20-23H,1-4,6-7,9-10,12-13,15-17H2/t20-,21+,22+,23+/m1/s1. The molecule has 4 heterocycles. The van der Waals surface area contributed by atoms with Crippen LogP contribution in [-0.4, -0.2) is 45.9 Å². The van der Waals surface area contributed by atoms with Crippen LogP contribution in [0.1, 0.15) is 69.8 Å². The molecular weight excluding hydrogens is 346 g/mol. The maximum absolute atomic E-state index is 13.0. The predicted octanol–water partition coefficient (Wildman–Crippen LogP) is 4.25. The summed E-state index contributed by atoms with van der Waals surface area (Å²) in [5.74, 6) is 2.64. The summed E-state index contributed by atoms with van der Waals surface area (Å²) in [6, 6.07) is 5.25. The molecule has 0 N–H and O–H groups in total. The van der Waals surface area contributed by atoms with E-state index in [0.29, 0.717) is 29.8 Å². The average molecular weight is 382 g/mol. The summed E-state index contributed by atoms with van der Waals surface area (Å²) in [6.45, 7) is 3.31. The van der Waals surface area contributed by atoms with Gasteiger partial charge < -0.3 is 4.90 Å². The molecule has 0 aromatic carbocycles. The van der Waals surface area contributed by atoms with Crippen LogP contribution in [0.2, 0.25) is 0 Å². The first-order chi connectivity index (χ1) is 13.8. The topological polar surface area (TPSA) is 36.4 Å². The first-order valence-corrected chi connectivity index (χ1v) is 11.7. The number of piperidine rings is 3. The predicted molar refractivity (Wildman–Crippen MR) is 111 cm³/mol. The van der Waals surface area contributed by atoms with E-state index in [9.17, 15) is 4.79 Å². The number of carbonyl (C=O) groups excluding carboxylic acids is 1. The molecule has 152 valence electrons. The molecule has 4 aliphatic rings. The van der Waals surface area contributed by atoms with E-state index in [1.54, 1.807) is 0 Å². The van der Waals surface area contributed by atoms with Crippen molar-refractivity contribution in [1.29, 1.82) is 0 Å². The molecule has 5 rings (SSSR count). The summed E-state index contributed by atoms with van der Waals surface area (Å²) in [5.41, 5.74) is 1.32. The summed E-state index contributed by atoms with van der Waals surface area (Å²) in [5, 5.41) is 0. The maximum Gasteiger partial charge on any atom is 0.223 e. The van der Waals surface area contributed by atoms with E-state index in [0.717, 1.165) is 38.4 Å². The minimum atomic E-state index is 0.465. The molecule has 4 heteroatoms. The van der Waals surface area contributed by atoms with E-state index in [1.807, 2.05) is 18.5 Å². The highest BCUT2D eigenvalue weighted by Crippen LogP contribution is 2.44. The average Bonchev–Trinajstić information content (AvgIpc) is 2.73. The summed E-state index contributed by atoms with van der Waals surface area (Å²) in [6.07, 6.45) is 16.6. The number of hydrogen-bond donors (Lipinski definition) is 0. The molecule has 0 spiro atoms. The Hall–Kier alpha value is -1.42. The highest BCUT2D eigenvalue weighted by Gasteiger charge is 2.49. The minimum Gasteiger partial charge on any atom is -0.336 e. The van der Waals surface area contributed by atoms with Crippen LogP contribution in [0, 0.1) is 17.8 Å². The lowest BCUT2D eigenvalue weighted by molar-refractivity contribution is -0.154. The molecule has 2 bridgehead atoms. The van der Waals surface area contributed by atoms with Crippen molar-refractivity contribution in [3.63, 3.8) is 0 Å². The summed E-state index contributed by atoms with van der Waals surface area (Å²) < 4.78 is 0. The van der Waals surface area contributed by atoms with Crippen molar-refractivity contribution < 1.29 is 4.79 Å². The number of aromatic nitrogens is 1. The van der Waals surface area contributed by atoms with Crippen molar-refractivity contribution in [2.45, 2.75) is 82.8 Å². The van der Waals surface area contributed by atoms with Gasteiger partial charge in [0.05, 0.1) is 0 Å². The van der Waals surface area contributed by atoms with Gasteiger partial charge in [-0.2, -0.15) is 0 Å². The summed E-state index contributed by atoms with van der Waals surface area (Å²) >= 11 is 0. The molecule has 1 amide bonds. The molecule has 1 saturated carbocycles. The van der Waals surface area contributed by atoms with Crippen molar-refractivity contribution in [3.8, 4) is 0 Å². The van der Waals surface area contributed by atoms with Crippen LogP contribution >= 0.6 is 0 Å². The van der Waals surface area contributed by atoms with Gasteiger partial charge in [-0.05, 0) is 55.1 Å². The molecule has 3 aliphatic heterocycles. The number of fused-ring (bicyclic) bond motifs is 4. The molecule has 0 radical (unpaired) electrons. The Bertz CT molecular complexity index is 672. The van der Waals surface area contributed by atoms with Gasteiger partial charge in [0.1, 0.15) is 0 Å². The number of hydrogen-bond acceptors (Lipinski definition) is 3. The smallest absolute Gasteiger partial charge is 0.223 e. The third kappa shape index (κ3) is 3.72. The fraction of sp³-hybridized carbons (Fsp3) is 0.750. The lowest BCUT2D eigenvalue weighted by Crippen LogP contribution is -2.65. The van der Waals surface area contributed by atoms with E-state index in [2.05, 4.69) is 20.9 Å². The van der Waals surface area contributed by atoms with Crippen LogP contribution in [0.15, 0.2) is 24.5 Å². The maximum atomic E-state index is 13.0. The van der Waals surface area contributed by atoms with Gasteiger partial charge in [0, 0.05) is 50.5 Å². The van der Waals surface area contributed by atoms with Gasteiger partial charge in [-0.3, -0.25) is 14.7 Å². The first kappa shape index (κ1) is 18.6. The molecule has 28 heavy (non-hydrogen) atoms. The van der Waals surface area contributed by atoms with Crippen LogP contribution < -0.4 is 0 Å². The van der Waals surface area contributed by atoms with E-state index in [1.165, 1.54) is 56.9 Å². The second-order valence-corrected chi connectivity index (χ2v) is 9.88. The van der Waals surface area contributed by atoms with E-state index in [-0.39, 0.29) is 0 Å². The number of nitrogens with zero attached hydrogens (tertiary/aromatic N) is 3. The second kappa shape index (κ2) is 8.14. The third-order valence-corrected chi connectivity index (χ3v) is 8.00. The van der Waals surface area contributed by atoms with Gasteiger partial charge in [-0.15, -0.1) is 0 Å². The fourth-order valence-electron chi connectivity index (χ4n) is 6.82. The highest BCUT2D eigenvalue weighted by atomic mass is 16.2. The number of carbonyl (C=O) groups is 1. The monoisotopic (exact) mass is 381 g/mol. The number of pyridine rings is 1. The van der Waals surface area contributed by atoms with Crippen molar-refractivity contribution >= 4 is 5.91 Å². The van der Waals surface area contributed by atoms with Gasteiger partial charge in [-0.25, -0.2) is 0 Å². The molecule has 1 aromatic heterocycles. The molecule has 4 atom stereocenters. The zero-order valence-electron chi connectivity index (χ0n) is 17.1. The van der Waals surface area contributed by atoms with Crippen molar-refractivity contribution in [3.05, 3.63) is 30.1 Å². The minimum absolute atomic E-state index is 0.465. The van der Waals surface area contributed by atoms with Crippen molar-refractivity contribution in [1.82, 2.24) is 14.8 Å². The van der Waals surface area contributed by atoms with Crippen LogP contribution in [0.3, 0.4) is 0 Å². The van der Waals surface area contributed by atoms with E-state index in [4.69, 9.17) is 0 Å². The second-order valence-electron chi connectivity index (χ2n) is 9.88. The normalized spacial score (nSPS) is 34.3. The molecule has 3 saturated heterocycles. The van der Waals surface area contributed by atoms with Gasteiger partial charge >= 0.3 is 0 Å². The SMILES string of the molecule is O=C1CCC[C@H]2[C@@H]3C[C@@H](CN(Cc4cccnc4)C3)[C@H](CC3CCCCC3)N12.